The number of aliphatic hydroxyl groups excluding tert-OH is 1. The summed E-state index contributed by atoms with van der Waals surface area (Å²) in [5.41, 5.74) is 1.94. The lowest BCUT2D eigenvalue weighted by Gasteiger charge is -2.47. The third-order valence-corrected chi connectivity index (χ3v) is 7.28. The molecule has 2 fully saturated rings. The first kappa shape index (κ1) is 23.2. The van der Waals surface area contributed by atoms with Crippen LogP contribution in [0.15, 0.2) is 10.5 Å². The molecule has 1 aromatic carbocycles. The lowest BCUT2D eigenvalue weighted by Crippen LogP contribution is -2.53. The van der Waals surface area contributed by atoms with E-state index in [0.717, 1.165) is 28.6 Å². The van der Waals surface area contributed by atoms with Gasteiger partial charge in [0.1, 0.15) is 0 Å². The number of ether oxygens (including phenoxy) is 3. The van der Waals surface area contributed by atoms with E-state index in [1.807, 2.05) is 26.8 Å². The second-order valence-electron chi connectivity index (χ2n) is 10.1. The molecule has 1 saturated carbocycles. The molecule has 1 aliphatic carbocycles. The van der Waals surface area contributed by atoms with Crippen LogP contribution in [0.4, 0.5) is 8.78 Å². The number of rotatable bonds is 5. The summed E-state index contributed by atoms with van der Waals surface area (Å²) in [6, 6.07) is 2.06. The van der Waals surface area contributed by atoms with Gasteiger partial charge in [0.15, 0.2) is 11.5 Å². The summed E-state index contributed by atoms with van der Waals surface area (Å²) < 4.78 is 44.8. The van der Waals surface area contributed by atoms with Crippen LogP contribution in [0.3, 0.4) is 0 Å². The fourth-order valence-electron chi connectivity index (χ4n) is 5.01. The largest absolute Gasteiger partial charge is 0.493 e. The van der Waals surface area contributed by atoms with E-state index >= 15 is 0 Å². The molecule has 4 rings (SSSR count). The maximum atomic E-state index is 13.1. The van der Waals surface area contributed by atoms with Crippen LogP contribution in [0.1, 0.15) is 57.2 Å². The van der Waals surface area contributed by atoms with E-state index in [1.54, 1.807) is 7.11 Å². The molecule has 0 spiro atoms. The molecule has 174 valence electrons. The number of benzene rings is 1. The Kier molecular flexibility index (Phi) is 6.31. The molecule has 8 heteroatoms. The number of alkyl halides is 2. The van der Waals surface area contributed by atoms with E-state index in [4.69, 9.17) is 14.2 Å². The van der Waals surface area contributed by atoms with Gasteiger partial charge in [-0.3, -0.25) is 4.90 Å². The van der Waals surface area contributed by atoms with Crippen molar-refractivity contribution in [3.63, 3.8) is 0 Å². The zero-order chi connectivity index (χ0) is 22.6. The third kappa shape index (κ3) is 4.87. The summed E-state index contributed by atoms with van der Waals surface area (Å²) in [6.45, 7) is 7.80. The van der Waals surface area contributed by atoms with E-state index in [0.29, 0.717) is 24.5 Å². The molecule has 1 N–H and O–H groups in total. The molecule has 0 aromatic heterocycles. The van der Waals surface area contributed by atoms with Crippen molar-refractivity contribution in [1.82, 2.24) is 4.90 Å². The summed E-state index contributed by atoms with van der Waals surface area (Å²) in [7, 11) is 1.59. The van der Waals surface area contributed by atoms with Crippen molar-refractivity contribution in [2.24, 2.45) is 5.92 Å². The van der Waals surface area contributed by atoms with Gasteiger partial charge in [0.2, 0.25) is 5.92 Å². The highest BCUT2D eigenvalue weighted by Crippen LogP contribution is 2.48. The lowest BCUT2D eigenvalue weighted by atomic mass is 9.82. The van der Waals surface area contributed by atoms with E-state index in [9.17, 15) is 13.9 Å². The molecule has 1 saturated heterocycles. The summed E-state index contributed by atoms with van der Waals surface area (Å²) in [4.78, 5) is 2.37. The molecule has 0 unspecified atom stereocenters. The second kappa shape index (κ2) is 8.43. The fraction of sp³-hybridized carbons (Fsp3) is 0.739. The first-order chi connectivity index (χ1) is 14.5. The average molecular weight is 504 g/mol. The van der Waals surface area contributed by atoms with E-state index < -0.39 is 12.0 Å². The summed E-state index contributed by atoms with van der Waals surface area (Å²) in [5.74, 6) is -1.52. The number of piperidine rings is 1. The van der Waals surface area contributed by atoms with E-state index in [1.165, 1.54) is 0 Å². The molecule has 3 aliphatic rings. The van der Waals surface area contributed by atoms with Crippen molar-refractivity contribution in [2.45, 2.75) is 76.2 Å². The highest BCUT2D eigenvalue weighted by molar-refractivity contribution is 9.10. The Hall–Kier alpha value is -0.960. The van der Waals surface area contributed by atoms with E-state index in [2.05, 4.69) is 20.8 Å². The first-order valence-corrected chi connectivity index (χ1v) is 11.8. The molecule has 2 heterocycles. The zero-order valence-electron chi connectivity index (χ0n) is 18.6. The molecule has 3 atom stereocenters. The quantitative estimate of drug-likeness (QED) is 0.629. The van der Waals surface area contributed by atoms with Crippen LogP contribution >= 0.6 is 15.9 Å². The molecule has 0 amide bonds. The number of fused-ring (bicyclic) bond motifs is 3. The minimum atomic E-state index is -2.55. The topological polar surface area (TPSA) is 51.2 Å². The lowest BCUT2D eigenvalue weighted by molar-refractivity contribution is -0.149. The van der Waals surface area contributed by atoms with Crippen LogP contribution in [0.5, 0.6) is 11.5 Å². The highest BCUT2D eigenvalue weighted by atomic mass is 79.9. The number of methoxy groups -OCH3 is 1. The molecule has 2 aliphatic heterocycles. The zero-order valence-corrected chi connectivity index (χ0v) is 20.2. The minimum Gasteiger partial charge on any atom is -0.493 e. The Morgan fingerprint density at radius 2 is 2.00 bits per heavy atom. The molecule has 5 nitrogen and oxygen atoms in total. The smallest absolute Gasteiger partial charge is 0.248 e. The Bertz CT molecular complexity index is 821. The van der Waals surface area contributed by atoms with Crippen LogP contribution in [0, 0.1) is 5.92 Å². The number of hydrogen-bond acceptors (Lipinski definition) is 5. The third-order valence-electron chi connectivity index (χ3n) is 6.44. The van der Waals surface area contributed by atoms with Crippen LogP contribution in [-0.2, 0) is 11.2 Å². The molecule has 31 heavy (non-hydrogen) atoms. The van der Waals surface area contributed by atoms with Gasteiger partial charge in [-0.15, -0.1) is 0 Å². The number of nitrogens with zero attached hydrogens (tertiary/aromatic N) is 1. The van der Waals surface area contributed by atoms with Gasteiger partial charge in [0, 0.05) is 37.9 Å². The maximum Gasteiger partial charge on any atom is 0.248 e. The van der Waals surface area contributed by atoms with E-state index in [-0.39, 0.29) is 43.1 Å². The van der Waals surface area contributed by atoms with Gasteiger partial charge >= 0.3 is 0 Å². The van der Waals surface area contributed by atoms with Gasteiger partial charge in [-0.05, 0) is 66.7 Å². The summed E-state index contributed by atoms with van der Waals surface area (Å²) >= 11 is 3.70. The predicted molar refractivity (Wildman–Crippen MR) is 117 cm³/mol. The molecule has 0 radical (unpaired) electrons. The monoisotopic (exact) mass is 503 g/mol. The second-order valence-corrected chi connectivity index (χ2v) is 10.9. The minimum absolute atomic E-state index is 0.0724. The van der Waals surface area contributed by atoms with Gasteiger partial charge < -0.3 is 19.3 Å². The fourth-order valence-corrected chi connectivity index (χ4v) is 5.75. The van der Waals surface area contributed by atoms with Gasteiger partial charge in [-0.25, -0.2) is 8.78 Å². The molecular weight excluding hydrogens is 472 g/mol. The standard InChI is InChI=1S/C23H32BrF2NO4/c1-22(2,3)31-19-11-27-6-5-14-15(16(27)8-17(19)28)7-18(29-4)21(20(14)24)30-12-13-9-23(25,26)10-13/h7,13,16-17,19,28H,5-6,8-12H2,1-4H3/t16-,17-,19-/m1/s1. The SMILES string of the molecule is COc1cc2c(c(Br)c1OCC1CC(F)(F)C1)CCN1C[C@@H](OC(C)(C)C)[C@H](O)C[C@H]21. The Morgan fingerprint density at radius 1 is 1.29 bits per heavy atom. The van der Waals surface area contributed by atoms with Crippen LogP contribution in [0.2, 0.25) is 0 Å². The van der Waals surface area contributed by atoms with Gasteiger partial charge in [0.05, 0.1) is 36.0 Å². The predicted octanol–water partition coefficient (Wildman–Crippen LogP) is 4.73. The van der Waals surface area contributed by atoms with Gasteiger partial charge in [0.25, 0.3) is 0 Å². The van der Waals surface area contributed by atoms with Gasteiger partial charge in [-0.1, -0.05) is 0 Å². The van der Waals surface area contributed by atoms with Crippen molar-refractivity contribution in [3.8, 4) is 11.5 Å². The number of halogens is 3. The number of aliphatic hydroxyl groups is 1. The van der Waals surface area contributed by atoms with Crippen molar-refractivity contribution >= 4 is 15.9 Å². The van der Waals surface area contributed by atoms with Crippen LogP contribution < -0.4 is 9.47 Å². The first-order valence-electron chi connectivity index (χ1n) is 11.0. The van der Waals surface area contributed by atoms with Crippen molar-refractivity contribution in [1.29, 1.82) is 0 Å². The Balaban J connectivity index is 1.54. The number of hydrogen-bond donors (Lipinski definition) is 1. The highest BCUT2D eigenvalue weighted by Gasteiger charge is 2.46. The van der Waals surface area contributed by atoms with Crippen LogP contribution in [0.25, 0.3) is 0 Å². The van der Waals surface area contributed by atoms with Gasteiger partial charge in [-0.2, -0.15) is 0 Å². The maximum absolute atomic E-state index is 13.1. The Morgan fingerprint density at radius 3 is 2.61 bits per heavy atom. The van der Waals surface area contributed by atoms with Crippen LogP contribution in [-0.4, -0.2) is 60.5 Å². The Labute approximate surface area is 191 Å². The summed E-state index contributed by atoms with van der Waals surface area (Å²) in [6.07, 6.45) is 0.404. The van der Waals surface area contributed by atoms with Crippen molar-refractivity contribution in [3.05, 3.63) is 21.7 Å². The average Bonchev–Trinajstić information content (AvgIpc) is 2.64. The molecule has 1 aromatic rings. The molecular formula is C23H32BrF2NO4. The van der Waals surface area contributed by atoms with Crippen molar-refractivity contribution in [2.75, 3.05) is 26.8 Å². The van der Waals surface area contributed by atoms with Crippen molar-refractivity contribution < 1.29 is 28.1 Å². The normalized spacial score (nSPS) is 28.5. The molecule has 0 bridgehead atoms. The summed E-state index contributed by atoms with van der Waals surface area (Å²) in [5, 5.41) is 10.8.